The second-order valence-corrected chi connectivity index (χ2v) is 6.07. The smallest absolute Gasteiger partial charge is 0.271 e. The van der Waals surface area contributed by atoms with E-state index in [1.54, 1.807) is 61.7 Å². The molecular formula is C19H14Cl2N2O3. The van der Waals surface area contributed by atoms with E-state index in [1.807, 2.05) is 0 Å². The lowest BCUT2D eigenvalue weighted by Crippen LogP contribution is -2.17. The second-order valence-electron chi connectivity index (χ2n) is 5.26. The minimum atomic E-state index is -0.333. The number of nitrogens with zero attached hydrogens (tertiary/aromatic N) is 1. The number of hydrazone groups is 1. The first-order chi connectivity index (χ1) is 12.6. The van der Waals surface area contributed by atoms with E-state index in [2.05, 4.69) is 10.5 Å². The molecule has 0 radical (unpaired) electrons. The quantitative estimate of drug-likeness (QED) is 0.492. The zero-order valence-corrected chi connectivity index (χ0v) is 15.2. The minimum absolute atomic E-state index is 0.333. The average molecular weight is 389 g/mol. The van der Waals surface area contributed by atoms with Gasteiger partial charge in [0.25, 0.3) is 5.91 Å². The van der Waals surface area contributed by atoms with Gasteiger partial charge in [0.2, 0.25) is 0 Å². The monoisotopic (exact) mass is 388 g/mol. The summed E-state index contributed by atoms with van der Waals surface area (Å²) in [6.07, 6.45) is 1.42. The predicted octanol–water partition coefficient (Wildman–Crippen LogP) is 5.03. The summed E-state index contributed by atoms with van der Waals surface area (Å²) in [4.78, 5) is 12.0. The average Bonchev–Trinajstić information content (AvgIpc) is 3.13. The Labute approximate surface area is 160 Å². The van der Waals surface area contributed by atoms with E-state index in [4.69, 9.17) is 32.4 Å². The molecule has 1 aromatic heterocycles. The predicted molar refractivity (Wildman–Crippen MR) is 102 cm³/mol. The van der Waals surface area contributed by atoms with Crippen LogP contribution in [0.2, 0.25) is 10.0 Å². The lowest BCUT2D eigenvalue weighted by Gasteiger charge is -2.01. The number of amides is 1. The van der Waals surface area contributed by atoms with Crippen LogP contribution in [0, 0.1) is 0 Å². The van der Waals surface area contributed by atoms with Gasteiger partial charge in [-0.25, -0.2) is 5.43 Å². The molecule has 0 aliphatic carbocycles. The Balaban J connectivity index is 1.64. The highest BCUT2D eigenvalue weighted by Crippen LogP contribution is 2.29. The summed E-state index contributed by atoms with van der Waals surface area (Å²) in [7, 11) is 1.56. The third-order valence-electron chi connectivity index (χ3n) is 3.54. The molecule has 0 unspecified atom stereocenters. The molecule has 0 atom stereocenters. The van der Waals surface area contributed by atoms with Gasteiger partial charge >= 0.3 is 0 Å². The molecule has 132 valence electrons. The van der Waals surface area contributed by atoms with E-state index < -0.39 is 0 Å². The molecule has 1 heterocycles. The summed E-state index contributed by atoms with van der Waals surface area (Å²) in [5.74, 6) is 1.45. The zero-order chi connectivity index (χ0) is 18.5. The van der Waals surface area contributed by atoms with Gasteiger partial charge in [-0.1, -0.05) is 23.2 Å². The van der Waals surface area contributed by atoms with Gasteiger partial charge in [0, 0.05) is 11.1 Å². The van der Waals surface area contributed by atoms with Gasteiger partial charge in [-0.2, -0.15) is 5.10 Å². The van der Waals surface area contributed by atoms with Crippen LogP contribution in [-0.4, -0.2) is 19.2 Å². The molecule has 26 heavy (non-hydrogen) atoms. The summed E-state index contributed by atoms with van der Waals surface area (Å²) in [5, 5.41) is 4.83. The molecule has 3 aromatic rings. The third kappa shape index (κ3) is 4.25. The number of carbonyl (C=O) groups is 1. The van der Waals surface area contributed by atoms with E-state index in [9.17, 15) is 4.79 Å². The van der Waals surface area contributed by atoms with Crippen molar-refractivity contribution in [2.45, 2.75) is 0 Å². The Bertz CT molecular complexity index is 950. The van der Waals surface area contributed by atoms with Crippen molar-refractivity contribution < 1.29 is 13.9 Å². The number of ether oxygens (including phenoxy) is 1. The molecule has 5 nitrogen and oxygen atoms in total. The maximum atomic E-state index is 12.0. The van der Waals surface area contributed by atoms with Crippen molar-refractivity contribution in [2.24, 2.45) is 5.10 Å². The number of benzene rings is 2. The summed E-state index contributed by atoms with van der Waals surface area (Å²) in [5.41, 5.74) is 3.71. The van der Waals surface area contributed by atoms with Crippen LogP contribution in [0.25, 0.3) is 11.3 Å². The Morgan fingerprint density at radius 3 is 2.54 bits per heavy atom. The van der Waals surface area contributed by atoms with Crippen LogP contribution in [0.1, 0.15) is 16.1 Å². The Hall–Kier alpha value is -2.76. The number of carbonyl (C=O) groups excluding carboxylic acids is 1. The van der Waals surface area contributed by atoms with Gasteiger partial charge in [-0.3, -0.25) is 4.79 Å². The highest BCUT2D eigenvalue weighted by molar-refractivity contribution is 6.42. The van der Waals surface area contributed by atoms with Crippen molar-refractivity contribution in [3.8, 4) is 17.1 Å². The molecule has 0 saturated carbocycles. The molecule has 3 rings (SSSR count). The number of halogens is 2. The molecule has 7 heteroatoms. The fraction of sp³-hybridized carbons (Fsp3) is 0.0526. The number of furan rings is 1. The largest absolute Gasteiger partial charge is 0.497 e. The van der Waals surface area contributed by atoms with Crippen molar-refractivity contribution in [3.05, 3.63) is 76.0 Å². The number of hydrogen-bond donors (Lipinski definition) is 1. The molecule has 0 bridgehead atoms. The molecule has 2 aromatic carbocycles. The van der Waals surface area contributed by atoms with Gasteiger partial charge in [0.15, 0.2) is 0 Å². The van der Waals surface area contributed by atoms with Crippen molar-refractivity contribution in [2.75, 3.05) is 7.11 Å². The van der Waals surface area contributed by atoms with E-state index in [0.29, 0.717) is 32.9 Å². The number of hydrogen-bond acceptors (Lipinski definition) is 4. The Morgan fingerprint density at radius 1 is 1.08 bits per heavy atom. The van der Waals surface area contributed by atoms with Crippen molar-refractivity contribution in [3.63, 3.8) is 0 Å². The topological polar surface area (TPSA) is 63.8 Å². The first kappa shape index (κ1) is 18.0. The van der Waals surface area contributed by atoms with Crippen LogP contribution in [0.3, 0.4) is 0 Å². The highest BCUT2D eigenvalue weighted by atomic mass is 35.5. The highest BCUT2D eigenvalue weighted by Gasteiger charge is 2.07. The van der Waals surface area contributed by atoms with Crippen LogP contribution in [0.4, 0.5) is 0 Å². The summed E-state index contributed by atoms with van der Waals surface area (Å²) in [6, 6.07) is 15.5. The molecule has 0 fully saturated rings. The van der Waals surface area contributed by atoms with Crippen LogP contribution < -0.4 is 10.2 Å². The SMILES string of the molecule is COc1ccc(C(=O)N/N=C/c2ccc(-c3ccc(Cl)c(Cl)c3)o2)cc1. The normalized spacial score (nSPS) is 10.9. The van der Waals surface area contributed by atoms with Gasteiger partial charge in [-0.05, 0) is 54.6 Å². The minimum Gasteiger partial charge on any atom is -0.497 e. The second kappa shape index (κ2) is 8.08. The first-order valence-electron chi connectivity index (χ1n) is 7.59. The number of rotatable bonds is 5. The van der Waals surface area contributed by atoms with E-state index >= 15 is 0 Å². The molecule has 0 aliphatic heterocycles. The number of nitrogens with one attached hydrogen (secondary N) is 1. The molecule has 1 N–H and O–H groups in total. The molecule has 1 amide bonds. The van der Waals surface area contributed by atoms with Crippen LogP contribution in [-0.2, 0) is 0 Å². The standard InChI is InChI=1S/C19H14Cl2N2O3/c1-25-14-5-2-12(3-6-14)19(24)23-22-11-15-7-9-18(26-15)13-4-8-16(20)17(21)10-13/h2-11H,1H3,(H,23,24)/b22-11+. The Kier molecular flexibility index (Phi) is 5.61. The Morgan fingerprint density at radius 2 is 1.85 bits per heavy atom. The zero-order valence-electron chi connectivity index (χ0n) is 13.7. The molecule has 0 spiro atoms. The summed E-state index contributed by atoms with van der Waals surface area (Å²) >= 11 is 11.9. The van der Waals surface area contributed by atoms with Gasteiger partial charge in [-0.15, -0.1) is 0 Å². The van der Waals surface area contributed by atoms with Crippen LogP contribution in [0.5, 0.6) is 5.75 Å². The van der Waals surface area contributed by atoms with Gasteiger partial charge in [0.1, 0.15) is 17.3 Å². The molecule has 0 aliphatic rings. The lowest BCUT2D eigenvalue weighted by atomic mass is 10.2. The first-order valence-corrected chi connectivity index (χ1v) is 8.35. The van der Waals surface area contributed by atoms with Gasteiger partial charge < -0.3 is 9.15 Å². The lowest BCUT2D eigenvalue weighted by molar-refractivity contribution is 0.0955. The fourth-order valence-electron chi connectivity index (χ4n) is 2.19. The summed E-state index contributed by atoms with van der Waals surface area (Å²) < 4.78 is 10.7. The third-order valence-corrected chi connectivity index (χ3v) is 4.28. The van der Waals surface area contributed by atoms with E-state index in [1.165, 1.54) is 6.21 Å². The maximum Gasteiger partial charge on any atom is 0.271 e. The fourth-order valence-corrected chi connectivity index (χ4v) is 2.49. The van der Waals surface area contributed by atoms with Crippen molar-refractivity contribution in [1.29, 1.82) is 0 Å². The van der Waals surface area contributed by atoms with Gasteiger partial charge in [0.05, 0.1) is 23.4 Å². The molecule has 0 saturated heterocycles. The van der Waals surface area contributed by atoms with E-state index in [0.717, 1.165) is 5.56 Å². The number of methoxy groups -OCH3 is 1. The van der Waals surface area contributed by atoms with Crippen molar-refractivity contribution >= 4 is 35.3 Å². The van der Waals surface area contributed by atoms with Crippen LogP contribution >= 0.6 is 23.2 Å². The maximum absolute atomic E-state index is 12.0. The summed E-state index contributed by atoms with van der Waals surface area (Å²) in [6.45, 7) is 0. The molecular weight excluding hydrogens is 375 g/mol. The van der Waals surface area contributed by atoms with Crippen LogP contribution in [0.15, 0.2) is 64.1 Å². The van der Waals surface area contributed by atoms with E-state index in [-0.39, 0.29) is 5.91 Å². The van der Waals surface area contributed by atoms with Crippen molar-refractivity contribution in [1.82, 2.24) is 5.43 Å².